The van der Waals surface area contributed by atoms with E-state index >= 15 is 0 Å². The van der Waals surface area contributed by atoms with Crippen LogP contribution in [0.4, 0.5) is 5.82 Å². The van der Waals surface area contributed by atoms with Crippen molar-refractivity contribution in [1.82, 2.24) is 9.88 Å². The third kappa shape index (κ3) is 7.42. The molecular formula is C31H42N4. The van der Waals surface area contributed by atoms with E-state index in [1.807, 2.05) is 38.3 Å². The lowest BCUT2D eigenvalue weighted by Crippen LogP contribution is -2.26. The molecule has 1 aliphatic rings. The molecule has 3 rings (SSSR count). The van der Waals surface area contributed by atoms with Gasteiger partial charge in [0.2, 0.25) is 0 Å². The van der Waals surface area contributed by atoms with Crippen LogP contribution in [-0.2, 0) is 0 Å². The van der Waals surface area contributed by atoms with Crippen molar-refractivity contribution in [3.05, 3.63) is 72.5 Å². The highest BCUT2D eigenvalue weighted by Gasteiger charge is 2.20. The van der Waals surface area contributed by atoms with Crippen LogP contribution in [0.1, 0.15) is 63.5 Å². The Balaban J connectivity index is 2.04. The van der Waals surface area contributed by atoms with Gasteiger partial charge in [-0.05, 0) is 72.9 Å². The van der Waals surface area contributed by atoms with Crippen LogP contribution < -0.4 is 5.32 Å². The van der Waals surface area contributed by atoms with E-state index < -0.39 is 0 Å². The van der Waals surface area contributed by atoms with Gasteiger partial charge in [0.25, 0.3) is 0 Å². The molecule has 186 valence electrons. The second kappa shape index (κ2) is 13.1. The topological polar surface area (TPSA) is 40.5 Å². The number of pyridine rings is 1. The van der Waals surface area contributed by atoms with Gasteiger partial charge in [-0.25, -0.2) is 4.98 Å². The Bertz CT molecular complexity index is 1070. The van der Waals surface area contributed by atoms with Gasteiger partial charge in [0, 0.05) is 50.7 Å². The standard InChI is InChI=1S/C31H42N4/c1-7-9-11-27(21-32-4)29-18-19-30(34-31(29)33-28-16-14-23(3)15-17-28)26-13-10-12-25(20-26)24(8-2)22-35(5)6/h8,10-13,18-23,28H,2,7,9,14-17H2,1,3-6H3,(H,33,34)/b24-22+,27-11+,32-21?. The molecule has 1 aromatic heterocycles. The summed E-state index contributed by atoms with van der Waals surface area (Å²) in [4.78, 5) is 11.6. The van der Waals surface area contributed by atoms with Gasteiger partial charge in [0.05, 0.1) is 5.69 Å². The number of aliphatic imine (C=N–C) groups is 1. The molecule has 1 fully saturated rings. The average molecular weight is 471 g/mol. The number of hydrogen-bond donors (Lipinski definition) is 1. The molecule has 35 heavy (non-hydrogen) atoms. The molecule has 0 saturated heterocycles. The Hall–Kier alpha value is -3.14. The molecule has 0 spiro atoms. The molecule has 4 nitrogen and oxygen atoms in total. The highest BCUT2D eigenvalue weighted by atomic mass is 15.0. The van der Waals surface area contributed by atoms with Crippen LogP contribution in [0.5, 0.6) is 0 Å². The molecule has 0 radical (unpaired) electrons. The minimum absolute atomic E-state index is 0.459. The third-order valence-electron chi connectivity index (χ3n) is 6.59. The average Bonchev–Trinajstić information content (AvgIpc) is 2.86. The first-order valence-corrected chi connectivity index (χ1v) is 13.0. The van der Waals surface area contributed by atoms with Crippen molar-refractivity contribution in [2.45, 2.75) is 58.4 Å². The van der Waals surface area contributed by atoms with Crippen LogP contribution in [0.25, 0.3) is 22.4 Å². The number of nitrogens with zero attached hydrogens (tertiary/aromatic N) is 3. The molecule has 2 aromatic rings. The van der Waals surface area contributed by atoms with E-state index in [0.29, 0.717) is 6.04 Å². The maximum absolute atomic E-state index is 5.19. The quantitative estimate of drug-likeness (QED) is 0.285. The summed E-state index contributed by atoms with van der Waals surface area (Å²) in [6, 6.07) is 13.4. The normalized spacial score (nSPS) is 19.1. The van der Waals surface area contributed by atoms with Crippen LogP contribution in [0, 0.1) is 5.92 Å². The summed E-state index contributed by atoms with van der Waals surface area (Å²) < 4.78 is 0. The van der Waals surface area contributed by atoms with Crippen LogP contribution in [-0.4, -0.2) is 43.3 Å². The highest BCUT2D eigenvalue weighted by Crippen LogP contribution is 2.31. The van der Waals surface area contributed by atoms with E-state index in [0.717, 1.165) is 58.1 Å². The van der Waals surface area contributed by atoms with E-state index in [-0.39, 0.29) is 0 Å². The van der Waals surface area contributed by atoms with Gasteiger partial charge in [-0.2, -0.15) is 0 Å². The van der Waals surface area contributed by atoms with E-state index in [2.05, 4.69) is 79.4 Å². The third-order valence-corrected chi connectivity index (χ3v) is 6.59. The van der Waals surface area contributed by atoms with Crippen molar-refractivity contribution in [3.63, 3.8) is 0 Å². The Kier molecular flexibility index (Phi) is 9.89. The van der Waals surface area contributed by atoms with Crippen molar-refractivity contribution in [2.24, 2.45) is 10.9 Å². The molecule has 1 saturated carbocycles. The maximum atomic E-state index is 5.19. The Labute approximate surface area is 212 Å². The van der Waals surface area contributed by atoms with Gasteiger partial charge in [0.1, 0.15) is 5.82 Å². The van der Waals surface area contributed by atoms with Crippen molar-refractivity contribution in [1.29, 1.82) is 0 Å². The number of allylic oxidation sites excluding steroid dienone is 4. The van der Waals surface area contributed by atoms with Crippen LogP contribution >= 0.6 is 0 Å². The molecular weight excluding hydrogens is 428 g/mol. The Morgan fingerprint density at radius 3 is 2.57 bits per heavy atom. The van der Waals surface area contributed by atoms with Crippen molar-refractivity contribution in [2.75, 3.05) is 26.5 Å². The SMILES string of the molecule is C=C/C(=C\N(C)C)c1cccc(-c2ccc(/C(C=NC)=C/CCC)c(NC3CCC(C)CC3)n2)c1. The number of anilines is 1. The molecule has 1 aromatic carbocycles. The maximum Gasteiger partial charge on any atom is 0.134 e. The van der Waals surface area contributed by atoms with Crippen LogP contribution in [0.15, 0.2) is 66.3 Å². The number of nitrogens with one attached hydrogen (secondary N) is 1. The number of hydrogen-bond acceptors (Lipinski definition) is 4. The first-order chi connectivity index (χ1) is 16.9. The zero-order chi connectivity index (χ0) is 25.2. The number of rotatable bonds is 10. The van der Waals surface area contributed by atoms with Crippen LogP contribution in [0.3, 0.4) is 0 Å². The lowest BCUT2D eigenvalue weighted by Gasteiger charge is -2.28. The van der Waals surface area contributed by atoms with Gasteiger partial charge < -0.3 is 10.2 Å². The molecule has 0 unspecified atom stereocenters. The van der Waals surface area contributed by atoms with Gasteiger partial charge in [-0.1, -0.05) is 57.2 Å². The molecule has 1 heterocycles. The number of unbranched alkanes of at least 4 members (excludes halogenated alkanes) is 1. The Morgan fingerprint density at radius 1 is 1.14 bits per heavy atom. The summed E-state index contributed by atoms with van der Waals surface area (Å²) in [7, 11) is 5.89. The first kappa shape index (κ1) is 26.5. The van der Waals surface area contributed by atoms with Gasteiger partial charge in [-0.15, -0.1) is 0 Å². The zero-order valence-electron chi connectivity index (χ0n) is 22.2. The second-order valence-electron chi connectivity index (χ2n) is 9.86. The lowest BCUT2D eigenvalue weighted by molar-refractivity contribution is 0.361. The summed E-state index contributed by atoms with van der Waals surface area (Å²) in [5.41, 5.74) is 6.56. The van der Waals surface area contributed by atoms with E-state index in [9.17, 15) is 0 Å². The summed E-state index contributed by atoms with van der Waals surface area (Å²) in [5, 5.41) is 3.82. The minimum Gasteiger partial charge on any atom is -0.383 e. The Morgan fingerprint density at radius 2 is 1.91 bits per heavy atom. The van der Waals surface area contributed by atoms with Crippen LogP contribution in [0.2, 0.25) is 0 Å². The van der Waals surface area contributed by atoms with Crippen molar-refractivity contribution >= 4 is 23.2 Å². The van der Waals surface area contributed by atoms with Crippen molar-refractivity contribution < 1.29 is 0 Å². The summed E-state index contributed by atoms with van der Waals surface area (Å²) in [6.45, 7) is 8.58. The predicted octanol–water partition coefficient (Wildman–Crippen LogP) is 7.71. The molecule has 1 N–H and O–H groups in total. The van der Waals surface area contributed by atoms with Gasteiger partial charge in [0.15, 0.2) is 0 Å². The largest absolute Gasteiger partial charge is 0.383 e. The summed E-state index contributed by atoms with van der Waals surface area (Å²) >= 11 is 0. The molecule has 0 amide bonds. The highest BCUT2D eigenvalue weighted by molar-refractivity contribution is 6.11. The molecule has 1 aliphatic carbocycles. The fraction of sp³-hybridized carbons (Fsp3) is 0.419. The zero-order valence-corrected chi connectivity index (χ0v) is 22.2. The molecule has 0 aliphatic heterocycles. The van der Waals surface area contributed by atoms with E-state index in [4.69, 9.17) is 4.98 Å². The monoisotopic (exact) mass is 470 g/mol. The summed E-state index contributed by atoms with van der Waals surface area (Å²) in [5.74, 6) is 1.78. The smallest absolute Gasteiger partial charge is 0.134 e. The fourth-order valence-corrected chi connectivity index (χ4v) is 4.61. The lowest BCUT2D eigenvalue weighted by atomic mass is 9.87. The number of aromatic nitrogens is 1. The predicted molar refractivity (Wildman–Crippen MR) is 154 cm³/mol. The van der Waals surface area contributed by atoms with E-state index in [1.54, 1.807) is 0 Å². The second-order valence-corrected chi connectivity index (χ2v) is 9.86. The number of benzene rings is 1. The first-order valence-electron chi connectivity index (χ1n) is 13.0. The molecule has 0 atom stereocenters. The van der Waals surface area contributed by atoms with Gasteiger partial charge in [-0.3, -0.25) is 4.99 Å². The fourth-order valence-electron chi connectivity index (χ4n) is 4.61. The van der Waals surface area contributed by atoms with Crippen molar-refractivity contribution in [3.8, 4) is 11.3 Å². The van der Waals surface area contributed by atoms with E-state index in [1.165, 1.54) is 25.7 Å². The minimum atomic E-state index is 0.459. The molecule has 4 heteroatoms. The van der Waals surface area contributed by atoms with Gasteiger partial charge >= 0.3 is 0 Å². The molecule has 0 bridgehead atoms. The summed E-state index contributed by atoms with van der Waals surface area (Å²) in [6.07, 6.45) is 15.3.